The van der Waals surface area contributed by atoms with E-state index >= 15 is 0 Å². The number of thioether (sulfide) groups is 1. The number of carbonyl (C=O) groups excluding carboxylic acids is 1. The summed E-state index contributed by atoms with van der Waals surface area (Å²) in [5, 5.41) is 12.1. The van der Waals surface area contributed by atoms with Gasteiger partial charge in [0.25, 0.3) is 0 Å². The molecule has 196 valence electrons. The van der Waals surface area contributed by atoms with Crippen molar-refractivity contribution in [2.45, 2.75) is 43.5 Å². The van der Waals surface area contributed by atoms with Gasteiger partial charge in [-0.05, 0) is 54.3 Å². The van der Waals surface area contributed by atoms with E-state index in [0.29, 0.717) is 60.4 Å². The number of hydrogen-bond acceptors (Lipinski definition) is 5. The van der Waals surface area contributed by atoms with Crippen molar-refractivity contribution in [3.63, 3.8) is 0 Å². The standard InChI is InChI=1S/C28H32F2N4O2S/c1-3-4-5-9-21(19-36-2)18-31-27(35)13-8-12-26-32-33-28(34(26)24-16-14-23(29)15-17-24)37-20-22-10-6-7-11-25(22)30/h4-7,9-11,14-17H,3,8,12-13,18-20H2,1-2H3,(H,31,35)/b5-4-,21-9-. The minimum absolute atomic E-state index is 0.0662. The van der Waals surface area contributed by atoms with Crippen molar-refractivity contribution in [1.82, 2.24) is 20.1 Å². The van der Waals surface area contributed by atoms with E-state index in [9.17, 15) is 13.6 Å². The number of ether oxygens (including phenoxy) is 1. The van der Waals surface area contributed by atoms with E-state index in [0.717, 1.165) is 12.0 Å². The zero-order valence-corrected chi connectivity index (χ0v) is 21.9. The first-order valence-electron chi connectivity index (χ1n) is 12.2. The van der Waals surface area contributed by atoms with Crippen LogP contribution >= 0.6 is 11.8 Å². The van der Waals surface area contributed by atoms with Crippen LogP contribution in [0.4, 0.5) is 8.78 Å². The first kappa shape index (κ1) is 28.3. The second-order valence-electron chi connectivity index (χ2n) is 8.32. The molecule has 1 amide bonds. The average molecular weight is 527 g/mol. The number of benzene rings is 2. The van der Waals surface area contributed by atoms with Crippen molar-refractivity contribution in [3.05, 3.63) is 95.4 Å². The number of halogens is 2. The number of methoxy groups -OCH3 is 1. The molecule has 0 fully saturated rings. The summed E-state index contributed by atoms with van der Waals surface area (Å²) in [5.74, 6) is 0.337. The average Bonchev–Trinajstić information content (AvgIpc) is 3.30. The quantitative estimate of drug-likeness (QED) is 0.212. The van der Waals surface area contributed by atoms with Gasteiger partial charge in [0.05, 0.1) is 6.61 Å². The number of rotatable bonds is 14. The molecule has 2 aromatic carbocycles. The molecule has 0 saturated carbocycles. The predicted molar refractivity (Wildman–Crippen MR) is 143 cm³/mol. The molecule has 0 radical (unpaired) electrons. The van der Waals surface area contributed by atoms with E-state index in [1.807, 2.05) is 22.8 Å². The zero-order valence-electron chi connectivity index (χ0n) is 21.1. The number of hydrogen-bond donors (Lipinski definition) is 1. The number of aryl methyl sites for hydroxylation is 1. The fourth-order valence-corrected chi connectivity index (χ4v) is 4.51. The van der Waals surface area contributed by atoms with Crippen LogP contribution in [-0.4, -0.2) is 40.9 Å². The zero-order chi connectivity index (χ0) is 26.5. The highest BCUT2D eigenvalue weighted by Gasteiger charge is 2.16. The van der Waals surface area contributed by atoms with Crippen LogP contribution in [0.2, 0.25) is 0 Å². The highest BCUT2D eigenvalue weighted by Crippen LogP contribution is 2.27. The molecule has 9 heteroatoms. The Morgan fingerprint density at radius 1 is 1.14 bits per heavy atom. The second kappa shape index (κ2) is 15.1. The molecular formula is C28H32F2N4O2S. The first-order chi connectivity index (χ1) is 18.0. The van der Waals surface area contributed by atoms with Crippen LogP contribution in [0.15, 0.2) is 77.5 Å². The Hall–Kier alpha value is -3.30. The highest BCUT2D eigenvalue weighted by molar-refractivity contribution is 7.98. The van der Waals surface area contributed by atoms with Crippen LogP contribution in [0, 0.1) is 11.6 Å². The topological polar surface area (TPSA) is 69.0 Å². The molecule has 0 aliphatic carbocycles. The molecule has 6 nitrogen and oxygen atoms in total. The maximum atomic E-state index is 14.1. The van der Waals surface area contributed by atoms with Gasteiger partial charge in [0, 0.05) is 37.9 Å². The summed E-state index contributed by atoms with van der Waals surface area (Å²) >= 11 is 1.35. The van der Waals surface area contributed by atoms with Crippen LogP contribution < -0.4 is 5.32 Å². The Kier molecular flexibility index (Phi) is 11.5. The Balaban J connectivity index is 1.64. The van der Waals surface area contributed by atoms with Gasteiger partial charge in [0.15, 0.2) is 5.16 Å². The van der Waals surface area contributed by atoms with E-state index < -0.39 is 0 Å². The van der Waals surface area contributed by atoms with Gasteiger partial charge in [-0.2, -0.15) is 0 Å². The number of carbonyl (C=O) groups is 1. The largest absolute Gasteiger partial charge is 0.380 e. The SMILES string of the molecule is CC/C=C\C=C(\CNC(=O)CCCc1nnc(SCc2ccccc2F)n1-c1ccc(F)cc1)COC. The minimum Gasteiger partial charge on any atom is -0.380 e. The molecule has 1 N–H and O–H groups in total. The summed E-state index contributed by atoms with van der Waals surface area (Å²) in [6, 6.07) is 12.6. The number of nitrogens with zero attached hydrogens (tertiary/aromatic N) is 3. The summed E-state index contributed by atoms with van der Waals surface area (Å²) in [6.45, 7) is 2.93. The van der Waals surface area contributed by atoms with Gasteiger partial charge in [-0.25, -0.2) is 8.78 Å². The van der Waals surface area contributed by atoms with Crippen molar-refractivity contribution >= 4 is 17.7 Å². The lowest BCUT2D eigenvalue weighted by Gasteiger charge is -2.11. The molecule has 0 bridgehead atoms. The third-order valence-electron chi connectivity index (χ3n) is 5.45. The van der Waals surface area contributed by atoms with Crippen molar-refractivity contribution in [2.75, 3.05) is 20.3 Å². The maximum absolute atomic E-state index is 14.1. The molecule has 3 rings (SSSR count). The predicted octanol–water partition coefficient (Wildman–Crippen LogP) is 5.82. The molecule has 1 aromatic heterocycles. The fraction of sp³-hybridized carbons (Fsp3) is 0.321. The lowest BCUT2D eigenvalue weighted by atomic mass is 10.2. The van der Waals surface area contributed by atoms with Gasteiger partial charge >= 0.3 is 0 Å². The molecule has 0 spiro atoms. The number of allylic oxidation sites excluding steroid dienone is 3. The van der Waals surface area contributed by atoms with Gasteiger partial charge in [0.2, 0.25) is 5.91 Å². The Labute approximate surface area is 220 Å². The summed E-state index contributed by atoms with van der Waals surface area (Å²) in [5.41, 5.74) is 2.25. The molecule has 0 aliphatic heterocycles. The van der Waals surface area contributed by atoms with Crippen LogP contribution in [0.25, 0.3) is 5.69 Å². The van der Waals surface area contributed by atoms with Crippen LogP contribution in [0.5, 0.6) is 0 Å². The lowest BCUT2D eigenvalue weighted by molar-refractivity contribution is -0.121. The number of aromatic nitrogens is 3. The van der Waals surface area contributed by atoms with Crippen LogP contribution in [-0.2, 0) is 21.7 Å². The molecule has 37 heavy (non-hydrogen) atoms. The number of nitrogens with one attached hydrogen (secondary N) is 1. The van der Waals surface area contributed by atoms with E-state index in [4.69, 9.17) is 4.74 Å². The molecule has 0 aliphatic rings. The molecule has 0 unspecified atom stereocenters. The monoisotopic (exact) mass is 526 g/mol. The smallest absolute Gasteiger partial charge is 0.220 e. The molecule has 1 heterocycles. The van der Waals surface area contributed by atoms with E-state index in [1.54, 1.807) is 37.4 Å². The van der Waals surface area contributed by atoms with E-state index in [1.165, 1.54) is 30.0 Å². The van der Waals surface area contributed by atoms with E-state index in [2.05, 4.69) is 22.4 Å². The fourth-order valence-electron chi connectivity index (χ4n) is 3.55. The summed E-state index contributed by atoms with van der Waals surface area (Å²) in [7, 11) is 1.62. The molecular weight excluding hydrogens is 494 g/mol. The summed E-state index contributed by atoms with van der Waals surface area (Å²) in [4.78, 5) is 12.4. The normalized spacial score (nSPS) is 11.8. The Bertz CT molecular complexity index is 1210. The van der Waals surface area contributed by atoms with Crippen LogP contribution in [0.3, 0.4) is 0 Å². The summed E-state index contributed by atoms with van der Waals surface area (Å²) < 4.78 is 34.7. The van der Waals surface area contributed by atoms with Crippen molar-refractivity contribution in [3.8, 4) is 5.69 Å². The lowest BCUT2D eigenvalue weighted by Crippen LogP contribution is -2.26. The summed E-state index contributed by atoms with van der Waals surface area (Å²) in [6.07, 6.45) is 8.27. The first-order valence-corrected chi connectivity index (χ1v) is 13.2. The van der Waals surface area contributed by atoms with Crippen molar-refractivity contribution in [2.24, 2.45) is 0 Å². The highest BCUT2D eigenvalue weighted by atomic mass is 32.2. The minimum atomic E-state index is -0.345. The van der Waals surface area contributed by atoms with Gasteiger partial charge < -0.3 is 10.1 Å². The Morgan fingerprint density at radius 3 is 2.65 bits per heavy atom. The molecule has 0 saturated heterocycles. The van der Waals surface area contributed by atoms with Gasteiger partial charge in [-0.3, -0.25) is 9.36 Å². The third kappa shape index (κ3) is 8.94. The van der Waals surface area contributed by atoms with Crippen molar-refractivity contribution in [1.29, 1.82) is 0 Å². The van der Waals surface area contributed by atoms with Crippen LogP contribution in [0.1, 0.15) is 37.6 Å². The van der Waals surface area contributed by atoms with E-state index in [-0.39, 0.29) is 17.5 Å². The maximum Gasteiger partial charge on any atom is 0.220 e. The van der Waals surface area contributed by atoms with Crippen molar-refractivity contribution < 1.29 is 18.3 Å². The number of amides is 1. The van der Waals surface area contributed by atoms with Gasteiger partial charge in [-0.1, -0.05) is 55.1 Å². The molecule has 3 aromatic rings. The second-order valence-corrected chi connectivity index (χ2v) is 9.26. The Morgan fingerprint density at radius 2 is 1.92 bits per heavy atom. The van der Waals surface area contributed by atoms with Gasteiger partial charge in [-0.15, -0.1) is 10.2 Å². The molecule has 0 atom stereocenters. The third-order valence-corrected chi connectivity index (χ3v) is 6.43. The van der Waals surface area contributed by atoms with Gasteiger partial charge in [0.1, 0.15) is 17.5 Å².